The smallest absolute Gasteiger partial charge is 0.408 e. The number of ether oxygens (including phenoxy) is 1. The van der Waals surface area contributed by atoms with Crippen LogP contribution in [0.4, 0.5) is 4.79 Å². The van der Waals surface area contributed by atoms with Gasteiger partial charge in [0.15, 0.2) is 0 Å². The number of carbonyl (C=O) groups excluding carboxylic acids is 3. The molecule has 0 aromatic heterocycles. The summed E-state index contributed by atoms with van der Waals surface area (Å²) < 4.78 is 5.47. The molecule has 3 N–H and O–H groups in total. The Kier molecular flexibility index (Phi) is 10.6. The molecule has 8 nitrogen and oxygen atoms in total. The molecule has 1 aliphatic carbocycles. The lowest BCUT2D eigenvalue weighted by molar-refractivity contribution is -0.143. The number of alkyl carbamates (subject to hydrolysis) is 1. The fraction of sp³-hybridized carbons (Fsp3) is 0.469. The van der Waals surface area contributed by atoms with Crippen LogP contribution >= 0.6 is 0 Å². The van der Waals surface area contributed by atoms with Gasteiger partial charge >= 0.3 is 6.09 Å². The first-order chi connectivity index (χ1) is 19.0. The molecule has 3 amide bonds. The van der Waals surface area contributed by atoms with Gasteiger partial charge in [-0.2, -0.15) is 0 Å². The molecule has 2 unspecified atom stereocenters. The van der Waals surface area contributed by atoms with Crippen molar-refractivity contribution in [2.75, 3.05) is 6.54 Å². The van der Waals surface area contributed by atoms with E-state index >= 15 is 0 Å². The van der Waals surface area contributed by atoms with Gasteiger partial charge in [0.05, 0.1) is 0 Å². The van der Waals surface area contributed by atoms with Gasteiger partial charge in [-0.1, -0.05) is 50.0 Å². The summed E-state index contributed by atoms with van der Waals surface area (Å²) in [6.07, 6.45) is 9.34. The number of hydrogen-bond acceptors (Lipinski definition) is 5. The monoisotopic (exact) mass is 547 g/mol. The number of phenols is 1. The highest BCUT2D eigenvalue weighted by atomic mass is 16.6. The summed E-state index contributed by atoms with van der Waals surface area (Å²) in [6, 6.07) is 11.5. The zero-order valence-corrected chi connectivity index (χ0v) is 23.9. The highest BCUT2D eigenvalue weighted by Crippen LogP contribution is 2.36. The van der Waals surface area contributed by atoms with E-state index < -0.39 is 23.8 Å². The van der Waals surface area contributed by atoms with Crippen LogP contribution in [0.25, 0.3) is 0 Å². The fourth-order valence-corrected chi connectivity index (χ4v) is 4.45. The predicted octanol–water partition coefficient (Wildman–Crippen LogP) is 4.85. The van der Waals surface area contributed by atoms with E-state index in [0.717, 1.165) is 37.7 Å². The van der Waals surface area contributed by atoms with E-state index in [9.17, 15) is 19.5 Å². The molecule has 0 spiro atoms. The molecule has 0 saturated heterocycles. The number of hydrogen-bond donors (Lipinski definition) is 3. The third-order valence-corrected chi connectivity index (χ3v) is 6.56. The Morgan fingerprint density at radius 1 is 1.07 bits per heavy atom. The average Bonchev–Trinajstić information content (AvgIpc) is 3.74. The van der Waals surface area contributed by atoms with Crippen LogP contribution in [-0.2, 0) is 20.7 Å². The van der Waals surface area contributed by atoms with Crippen LogP contribution in [0.15, 0.2) is 48.5 Å². The van der Waals surface area contributed by atoms with Gasteiger partial charge in [-0.05, 0) is 75.4 Å². The van der Waals surface area contributed by atoms with Crippen LogP contribution in [0.5, 0.6) is 5.75 Å². The molecule has 2 atom stereocenters. The Labute approximate surface area is 237 Å². The molecule has 2 aromatic carbocycles. The number of aromatic hydroxyl groups is 1. The van der Waals surface area contributed by atoms with Crippen LogP contribution in [0, 0.1) is 12.3 Å². The van der Waals surface area contributed by atoms with Crippen molar-refractivity contribution in [3.63, 3.8) is 0 Å². The van der Waals surface area contributed by atoms with Crippen LogP contribution in [-0.4, -0.2) is 52.1 Å². The third kappa shape index (κ3) is 9.04. The summed E-state index contributed by atoms with van der Waals surface area (Å²) >= 11 is 0. The van der Waals surface area contributed by atoms with E-state index in [4.69, 9.17) is 11.2 Å². The Bertz CT molecular complexity index is 1190. The minimum Gasteiger partial charge on any atom is -0.508 e. The Morgan fingerprint density at radius 2 is 1.73 bits per heavy atom. The third-order valence-electron chi connectivity index (χ3n) is 6.56. The van der Waals surface area contributed by atoms with Gasteiger partial charge in [-0.15, -0.1) is 6.42 Å². The Balaban J connectivity index is 1.97. The zero-order chi connectivity index (χ0) is 29.3. The maximum absolute atomic E-state index is 14.3. The second-order valence-electron chi connectivity index (χ2n) is 11.2. The molecule has 214 valence electrons. The van der Waals surface area contributed by atoms with E-state index in [1.54, 1.807) is 62.1 Å². The largest absolute Gasteiger partial charge is 0.508 e. The second kappa shape index (κ2) is 13.9. The lowest BCUT2D eigenvalue weighted by Gasteiger charge is -2.35. The molecule has 0 radical (unpaired) electrons. The molecule has 1 saturated carbocycles. The van der Waals surface area contributed by atoms with Gasteiger partial charge in [0.2, 0.25) is 11.8 Å². The first-order valence-electron chi connectivity index (χ1n) is 14.0. The van der Waals surface area contributed by atoms with Gasteiger partial charge in [0.1, 0.15) is 23.4 Å². The van der Waals surface area contributed by atoms with Gasteiger partial charge in [0, 0.05) is 24.6 Å². The highest BCUT2D eigenvalue weighted by molar-refractivity contribution is 5.92. The molecule has 0 heterocycles. The molecular weight excluding hydrogens is 506 g/mol. The molecule has 8 heteroatoms. The molecule has 0 aliphatic heterocycles. The number of carbonyl (C=O) groups is 3. The van der Waals surface area contributed by atoms with E-state index in [1.807, 2.05) is 0 Å². The Hall–Kier alpha value is -3.99. The molecule has 40 heavy (non-hydrogen) atoms. The fourth-order valence-electron chi connectivity index (χ4n) is 4.45. The molecule has 3 rings (SSSR count). The van der Waals surface area contributed by atoms with Crippen LogP contribution in [0.2, 0.25) is 0 Å². The van der Waals surface area contributed by atoms with Crippen molar-refractivity contribution in [3.8, 4) is 18.1 Å². The van der Waals surface area contributed by atoms with E-state index in [-0.39, 0.29) is 30.0 Å². The first kappa shape index (κ1) is 30.6. The minimum atomic E-state index is -1.000. The quantitative estimate of drug-likeness (QED) is 0.260. The number of nitrogens with zero attached hydrogens (tertiary/aromatic N) is 1. The number of phenolic OH excluding ortho intramolecular Hbond substituents is 1. The van der Waals surface area contributed by atoms with Crippen molar-refractivity contribution in [3.05, 3.63) is 65.2 Å². The lowest BCUT2D eigenvalue weighted by atomic mass is 9.99. The Morgan fingerprint density at radius 3 is 2.27 bits per heavy atom. The molecule has 0 bridgehead atoms. The average molecular weight is 548 g/mol. The first-order valence-corrected chi connectivity index (χ1v) is 14.0. The van der Waals surface area contributed by atoms with Crippen molar-refractivity contribution in [2.24, 2.45) is 0 Å². The number of unbranched alkanes of at least 4 members (excludes halogenated alkanes) is 2. The minimum absolute atomic E-state index is 0.0987. The number of nitrogens with one attached hydrogen (secondary N) is 2. The van der Waals surface area contributed by atoms with Crippen molar-refractivity contribution in [1.29, 1.82) is 0 Å². The van der Waals surface area contributed by atoms with E-state index in [2.05, 4.69) is 23.5 Å². The highest BCUT2D eigenvalue weighted by Gasteiger charge is 2.44. The standard InChI is InChI=1S/C32H41N3O5/c1-6-8-9-20-33-29(37)28(24-14-10-22(7-2)11-15-24)35(25-16-17-25)30(38)27(34-31(39)40-32(3,4)5)21-23-12-18-26(36)19-13-23/h2,10-15,18-19,25,27-28,36H,6,8-9,16-17,20-21H2,1,3-5H3,(H,33,37)(H,34,39). The number of amides is 3. The zero-order valence-electron chi connectivity index (χ0n) is 23.9. The maximum atomic E-state index is 14.3. The number of terminal acetylenes is 1. The molecule has 2 aromatic rings. The summed E-state index contributed by atoms with van der Waals surface area (Å²) in [7, 11) is 0. The normalized spacial score (nSPS) is 14.4. The van der Waals surface area contributed by atoms with Gasteiger partial charge < -0.3 is 25.4 Å². The van der Waals surface area contributed by atoms with Crippen LogP contribution in [0.3, 0.4) is 0 Å². The molecule has 1 fully saturated rings. The lowest BCUT2D eigenvalue weighted by Crippen LogP contribution is -2.54. The van der Waals surface area contributed by atoms with Crippen LogP contribution in [0.1, 0.15) is 82.5 Å². The summed E-state index contributed by atoms with van der Waals surface area (Å²) in [5.74, 6) is 2.03. The summed E-state index contributed by atoms with van der Waals surface area (Å²) in [5.41, 5.74) is 1.30. The van der Waals surface area contributed by atoms with Gasteiger partial charge in [-0.3, -0.25) is 9.59 Å². The van der Waals surface area contributed by atoms with Crippen molar-refractivity contribution >= 4 is 17.9 Å². The van der Waals surface area contributed by atoms with Crippen LogP contribution < -0.4 is 10.6 Å². The maximum Gasteiger partial charge on any atom is 0.408 e. The van der Waals surface area contributed by atoms with Crippen molar-refractivity contribution < 1.29 is 24.2 Å². The predicted molar refractivity (Wildman–Crippen MR) is 154 cm³/mol. The molecular formula is C32H41N3O5. The van der Waals surface area contributed by atoms with Crippen molar-refractivity contribution in [2.45, 2.75) is 89.9 Å². The summed E-state index contributed by atoms with van der Waals surface area (Å²) in [5, 5.41) is 15.5. The molecule has 1 aliphatic rings. The number of benzene rings is 2. The topological polar surface area (TPSA) is 108 Å². The van der Waals surface area contributed by atoms with Gasteiger partial charge in [-0.25, -0.2) is 4.79 Å². The van der Waals surface area contributed by atoms with Crippen molar-refractivity contribution in [1.82, 2.24) is 15.5 Å². The summed E-state index contributed by atoms with van der Waals surface area (Å²) in [4.78, 5) is 42.4. The van der Waals surface area contributed by atoms with E-state index in [1.165, 1.54) is 12.1 Å². The number of rotatable bonds is 12. The van der Waals surface area contributed by atoms with E-state index in [0.29, 0.717) is 17.7 Å². The van der Waals surface area contributed by atoms with Gasteiger partial charge in [0.25, 0.3) is 0 Å². The second-order valence-corrected chi connectivity index (χ2v) is 11.2. The SMILES string of the molecule is C#Cc1ccc(C(C(=O)NCCCCC)N(C(=O)C(Cc2ccc(O)cc2)NC(=O)OC(C)(C)C)C2CC2)cc1. The summed E-state index contributed by atoms with van der Waals surface area (Å²) in [6.45, 7) is 7.85.